The number of hydrogen-bond donors (Lipinski definition) is 3. The van der Waals surface area contributed by atoms with Crippen molar-refractivity contribution in [1.82, 2.24) is 0 Å². The number of benzene rings is 2. The van der Waals surface area contributed by atoms with Crippen LogP contribution in [0.4, 0.5) is 11.4 Å². The Labute approximate surface area is 125 Å². The first-order valence-electron chi connectivity index (χ1n) is 6.80. The van der Waals surface area contributed by atoms with Gasteiger partial charge in [-0.1, -0.05) is 38.1 Å². The number of rotatable bonds is 3. The van der Waals surface area contributed by atoms with Crippen molar-refractivity contribution >= 4 is 17.3 Å². The summed E-state index contributed by atoms with van der Waals surface area (Å²) in [6.45, 7) is 4.34. The van der Waals surface area contributed by atoms with E-state index in [1.54, 1.807) is 24.3 Å². The summed E-state index contributed by atoms with van der Waals surface area (Å²) < 4.78 is 0. The molecule has 21 heavy (non-hydrogen) atoms. The molecule has 112 valence electrons. The maximum absolute atomic E-state index is 10.2. The van der Waals surface area contributed by atoms with Crippen molar-refractivity contribution in [2.24, 2.45) is 0 Å². The molecular formula is C17H22N2O2. The van der Waals surface area contributed by atoms with E-state index in [-0.39, 0.29) is 6.42 Å². The minimum atomic E-state index is -0.837. The summed E-state index contributed by atoms with van der Waals surface area (Å²) in [6, 6.07) is 14.9. The lowest BCUT2D eigenvalue weighted by molar-refractivity contribution is -0.136. The van der Waals surface area contributed by atoms with Crippen LogP contribution in [0, 0.1) is 0 Å². The lowest BCUT2D eigenvalue weighted by Gasteiger charge is -2.03. The molecule has 0 unspecified atom stereocenters. The number of nitrogen functional groups attached to an aromatic ring is 2. The van der Waals surface area contributed by atoms with Crippen LogP contribution < -0.4 is 11.5 Å². The molecule has 0 heterocycles. The molecule has 2 rings (SSSR count). The zero-order chi connectivity index (χ0) is 15.8. The van der Waals surface area contributed by atoms with E-state index in [0.717, 1.165) is 11.3 Å². The fraction of sp³-hybridized carbons (Fsp3) is 0.235. The Kier molecular flexibility index (Phi) is 6.27. The van der Waals surface area contributed by atoms with E-state index in [4.69, 9.17) is 16.6 Å². The molecule has 2 aromatic rings. The highest BCUT2D eigenvalue weighted by molar-refractivity contribution is 5.70. The van der Waals surface area contributed by atoms with Gasteiger partial charge in [-0.25, -0.2) is 0 Å². The van der Waals surface area contributed by atoms with Crippen molar-refractivity contribution < 1.29 is 9.90 Å². The first-order valence-corrected chi connectivity index (χ1v) is 6.80. The number of carboxylic acids is 1. The number of carbonyl (C=O) groups is 1. The van der Waals surface area contributed by atoms with Gasteiger partial charge in [0.2, 0.25) is 0 Å². The highest BCUT2D eigenvalue weighted by atomic mass is 16.4. The van der Waals surface area contributed by atoms with Gasteiger partial charge in [-0.2, -0.15) is 0 Å². The van der Waals surface area contributed by atoms with Crippen molar-refractivity contribution in [1.29, 1.82) is 0 Å². The Bertz CT molecular complexity index is 578. The number of aliphatic carboxylic acids is 1. The quantitative estimate of drug-likeness (QED) is 0.755. The number of nitrogens with two attached hydrogens (primary N) is 2. The Hall–Kier alpha value is -2.49. The molecule has 0 saturated carbocycles. The molecule has 0 atom stereocenters. The van der Waals surface area contributed by atoms with Crippen LogP contribution in [0.15, 0.2) is 48.5 Å². The number of carboxylic acid groups (broad SMARTS) is 1. The predicted molar refractivity (Wildman–Crippen MR) is 87.1 cm³/mol. The zero-order valence-corrected chi connectivity index (χ0v) is 12.4. The van der Waals surface area contributed by atoms with E-state index < -0.39 is 5.97 Å². The second-order valence-electron chi connectivity index (χ2n) is 5.14. The van der Waals surface area contributed by atoms with Crippen LogP contribution in [-0.2, 0) is 11.2 Å². The fourth-order valence-electron chi connectivity index (χ4n) is 1.76. The van der Waals surface area contributed by atoms with Crippen molar-refractivity contribution in [3.8, 4) is 0 Å². The van der Waals surface area contributed by atoms with Crippen LogP contribution in [-0.4, -0.2) is 11.1 Å². The maximum atomic E-state index is 10.2. The lowest BCUT2D eigenvalue weighted by atomic mass is 10.0. The highest BCUT2D eigenvalue weighted by Crippen LogP contribution is 2.14. The summed E-state index contributed by atoms with van der Waals surface area (Å²) in [5.41, 5.74) is 14.5. The molecule has 0 spiro atoms. The third-order valence-corrected chi connectivity index (χ3v) is 2.91. The van der Waals surface area contributed by atoms with Gasteiger partial charge < -0.3 is 16.6 Å². The molecule has 0 bridgehead atoms. The van der Waals surface area contributed by atoms with E-state index in [1.807, 2.05) is 12.1 Å². The van der Waals surface area contributed by atoms with Crippen LogP contribution in [0.25, 0.3) is 0 Å². The van der Waals surface area contributed by atoms with Crippen LogP contribution in [0.1, 0.15) is 30.9 Å². The lowest BCUT2D eigenvalue weighted by Crippen LogP contribution is -2.00. The van der Waals surface area contributed by atoms with Crippen LogP contribution >= 0.6 is 0 Å². The molecule has 0 aliphatic carbocycles. The van der Waals surface area contributed by atoms with E-state index in [1.165, 1.54) is 5.56 Å². The third kappa shape index (κ3) is 6.47. The molecule has 0 fully saturated rings. The summed E-state index contributed by atoms with van der Waals surface area (Å²) in [5.74, 6) is -0.240. The number of anilines is 2. The second kappa shape index (κ2) is 7.94. The zero-order valence-electron chi connectivity index (χ0n) is 12.4. The SMILES string of the molecule is CC(C)c1ccc(N)cc1.Nc1cccc(CC(=O)O)c1. The monoisotopic (exact) mass is 286 g/mol. The van der Waals surface area contributed by atoms with Gasteiger partial charge in [0.05, 0.1) is 6.42 Å². The average molecular weight is 286 g/mol. The fourth-order valence-corrected chi connectivity index (χ4v) is 1.76. The highest BCUT2D eigenvalue weighted by Gasteiger charge is 1.98. The van der Waals surface area contributed by atoms with Gasteiger partial charge in [0.25, 0.3) is 0 Å². The number of hydrogen-bond acceptors (Lipinski definition) is 3. The standard InChI is InChI=1S/C9H13N.C8H9NO2/c1-7(2)8-3-5-9(10)6-4-8;9-7-3-1-2-6(4-7)5-8(10)11/h3-7H,10H2,1-2H3;1-4H,5,9H2,(H,10,11). The second-order valence-corrected chi connectivity index (χ2v) is 5.14. The normalized spacial score (nSPS) is 9.86. The molecule has 4 nitrogen and oxygen atoms in total. The Morgan fingerprint density at radius 3 is 2.14 bits per heavy atom. The van der Waals surface area contributed by atoms with Crippen molar-refractivity contribution in [3.05, 3.63) is 59.7 Å². The molecule has 0 amide bonds. The smallest absolute Gasteiger partial charge is 0.307 e. The largest absolute Gasteiger partial charge is 0.481 e. The van der Waals surface area contributed by atoms with E-state index >= 15 is 0 Å². The van der Waals surface area contributed by atoms with Crippen LogP contribution in [0.5, 0.6) is 0 Å². The molecule has 5 N–H and O–H groups in total. The van der Waals surface area contributed by atoms with Gasteiger partial charge in [0.1, 0.15) is 0 Å². The first-order chi connectivity index (χ1) is 9.88. The predicted octanol–water partition coefficient (Wildman–Crippen LogP) is 3.29. The molecule has 0 aromatic heterocycles. The van der Waals surface area contributed by atoms with Crippen molar-refractivity contribution in [2.45, 2.75) is 26.2 Å². The maximum Gasteiger partial charge on any atom is 0.307 e. The minimum absolute atomic E-state index is 0.0328. The molecule has 0 aliphatic rings. The molecule has 0 aliphatic heterocycles. The van der Waals surface area contributed by atoms with Gasteiger partial charge in [0, 0.05) is 11.4 Å². The van der Waals surface area contributed by atoms with Crippen LogP contribution in [0.2, 0.25) is 0 Å². The van der Waals surface area contributed by atoms with E-state index in [0.29, 0.717) is 11.6 Å². The van der Waals surface area contributed by atoms with Gasteiger partial charge >= 0.3 is 5.97 Å². The molecule has 2 aromatic carbocycles. The molecular weight excluding hydrogens is 264 g/mol. The average Bonchev–Trinajstić information content (AvgIpc) is 2.39. The van der Waals surface area contributed by atoms with Gasteiger partial charge in [-0.05, 0) is 41.3 Å². The van der Waals surface area contributed by atoms with Gasteiger partial charge in [-0.15, -0.1) is 0 Å². The van der Waals surface area contributed by atoms with E-state index in [2.05, 4.69) is 26.0 Å². The summed E-state index contributed by atoms with van der Waals surface area (Å²) in [4.78, 5) is 10.2. The summed E-state index contributed by atoms with van der Waals surface area (Å²) in [5, 5.41) is 8.42. The summed E-state index contributed by atoms with van der Waals surface area (Å²) in [7, 11) is 0. The summed E-state index contributed by atoms with van der Waals surface area (Å²) >= 11 is 0. The van der Waals surface area contributed by atoms with Gasteiger partial charge in [0.15, 0.2) is 0 Å². The topological polar surface area (TPSA) is 89.3 Å². The molecule has 4 heteroatoms. The third-order valence-electron chi connectivity index (χ3n) is 2.91. The molecule has 0 radical (unpaired) electrons. The Morgan fingerprint density at radius 2 is 1.67 bits per heavy atom. The molecule has 0 saturated heterocycles. The van der Waals surface area contributed by atoms with Crippen molar-refractivity contribution in [3.63, 3.8) is 0 Å². The summed E-state index contributed by atoms with van der Waals surface area (Å²) in [6.07, 6.45) is 0.0328. The van der Waals surface area contributed by atoms with Crippen molar-refractivity contribution in [2.75, 3.05) is 11.5 Å². The first kappa shape index (κ1) is 16.6. The van der Waals surface area contributed by atoms with E-state index in [9.17, 15) is 4.79 Å². The van der Waals surface area contributed by atoms with Crippen LogP contribution in [0.3, 0.4) is 0 Å². The van der Waals surface area contributed by atoms with Gasteiger partial charge in [-0.3, -0.25) is 4.79 Å². The minimum Gasteiger partial charge on any atom is -0.481 e. The Balaban J connectivity index is 0.000000211. The Morgan fingerprint density at radius 1 is 1.05 bits per heavy atom.